The molecule has 2 aromatic rings. The van der Waals surface area contributed by atoms with Crippen molar-refractivity contribution in [2.45, 2.75) is 45.1 Å². The molecule has 3 rings (SSSR count). The summed E-state index contributed by atoms with van der Waals surface area (Å²) in [4.78, 5) is 6.27. The molecule has 1 N–H and O–H groups in total. The van der Waals surface area contributed by atoms with Crippen molar-refractivity contribution in [1.29, 1.82) is 0 Å². The first-order valence-corrected chi connectivity index (χ1v) is 8.57. The molecule has 1 heterocycles. The third-order valence-electron chi connectivity index (χ3n) is 3.89. The molecule has 0 radical (unpaired) electrons. The minimum absolute atomic E-state index is 0.0104. The second-order valence-electron chi connectivity index (χ2n) is 5.57. The molecule has 0 spiro atoms. The fourth-order valence-corrected chi connectivity index (χ4v) is 4.08. The van der Waals surface area contributed by atoms with E-state index >= 15 is 0 Å². The van der Waals surface area contributed by atoms with Gasteiger partial charge in [-0.1, -0.05) is 19.1 Å². The Kier molecular flexibility index (Phi) is 4.66. The lowest BCUT2D eigenvalue weighted by molar-refractivity contribution is 0.581. The van der Waals surface area contributed by atoms with Gasteiger partial charge in [-0.05, 0) is 56.3 Å². The lowest BCUT2D eigenvalue weighted by Crippen LogP contribution is -2.23. The van der Waals surface area contributed by atoms with E-state index in [1.807, 2.05) is 6.07 Å². The third-order valence-corrected chi connectivity index (χ3v) is 5.11. The largest absolute Gasteiger partial charge is 0.304 e. The summed E-state index contributed by atoms with van der Waals surface area (Å²) in [6.45, 7) is 3.05. The maximum atomic E-state index is 13.5. The Morgan fingerprint density at radius 2 is 2.19 bits per heavy atom. The van der Waals surface area contributed by atoms with E-state index in [2.05, 4.69) is 12.2 Å². The lowest BCUT2D eigenvalue weighted by Gasteiger charge is -2.16. The number of nitrogens with zero attached hydrogens (tertiary/aromatic N) is 1. The van der Waals surface area contributed by atoms with Crippen molar-refractivity contribution in [2.75, 3.05) is 6.54 Å². The van der Waals surface area contributed by atoms with Gasteiger partial charge in [-0.2, -0.15) is 0 Å². The quantitative estimate of drug-likeness (QED) is 0.893. The summed E-state index contributed by atoms with van der Waals surface area (Å²) in [5.74, 6) is -0.183. The standard InChI is InChI=1S/C17H21FN2S/c1-2-10-19-16(12-6-5-7-13(18)11-12)17-20-14-8-3-4-9-15(14)21-17/h5-7,11,16,19H,2-4,8-10H2,1H3. The maximum Gasteiger partial charge on any atom is 0.123 e. The van der Waals surface area contributed by atoms with E-state index in [4.69, 9.17) is 4.98 Å². The number of nitrogens with one attached hydrogen (secondary N) is 1. The Morgan fingerprint density at radius 1 is 1.33 bits per heavy atom. The number of benzene rings is 1. The fourth-order valence-electron chi connectivity index (χ4n) is 2.82. The second-order valence-corrected chi connectivity index (χ2v) is 6.69. The van der Waals surface area contributed by atoms with Crippen LogP contribution in [0.4, 0.5) is 4.39 Å². The zero-order chi connectivity index (χ0) is 14.7. The van der Waals surface area contributed by atoms with E-state index in [1.165, 1.54) is 29.5 Å². The maximum absolute atomic E-state index is 13.5. The molecule has 0 bridgehead atoms. The molecule has 1 aliphatic rings. The van der Waals surface area contributed by atoms with Crippen molar-refractivity contribution >= 4 is 11.3 Å². The topological polar surface area (TPSA) is 24.9 Å². The molecule has 0 saturated carbocycles. The smallest absolute Gasteiger partial charge is 0.123 e. The van der Waals surface area contributed by atoms with Gasteiger partial charge in [-0.25, -0.2) is 9.37 Å². The van der Waals surface area contributed by atoms with Crippen LogP contribution in [0.5, 0.6) is 0 Å². The molecule has 0 amide bonds. The van der Waals surface area contributed by atoms with Crippen molar-refractivity contribution in [2.24, 2.45) is 0 Å². The molecule has 0 fully saturated rings. The number of thiazole rings is 1. The molecule has 0 aliphatic heterocycles. The fraction of sp³-hybridized carbons (Fsp3) is 0.471. The number of fused-ring (bicyclic) bond motifs is 1. The highest BCUT2D eigenvalue weighted by atomic mass is 32.1. The Hall–Kier alpha value is -1.26. The number of hydrogen-bond acceptors (Lipinski definition) is 3. The van der Waals surface area contributed by atoms with Gasteiger partial charge in [0.25, 0.3) is 0 Å². The zero-order valence-corrected chi connectivity index (χ0v) is 13.2. The summed E-state index contributed by atoms with van der Waals surface area (Å²) < 4.78 is 13.5. The monoisotopic (exact) mass is 304 g/mol. The van der Waals surface area contributed by atoms with Crippen LogP contribution in [0.15, 0.2) is 24.3 Å². The molecule has 4 heteroatoms. The van der Waals surface area contributed by atoms with Gasteiger partial charge in [-0.15, -0.1) is 11.3 Å². The van der Waals surface area contributed by atoms with E-state index < -0.39 is 0 Å². The van der Waals surface area contributed by atoms with Crippen molar-refractivity contribution in [1.82, 2.24) is 10.3 Å². The molecule has 1 aromatic carbocycles. The van der Waals surface area contributed by atoms with Crippen LogP contribution >= 0.6 is 11.3 Å². The summed E-state index contributed by atoms with van der Waals surface area (Å²) in [6.07, 6.45) is 5.80. The normalized spacial score (nSPS) is 15.7. The van der Waals surface area contributed by atoms with Crippen molar-refractivity contribution in [3.8, 4) is 0 Å². The van der Waals surface area contributed by atoms with Gasteiger partial charge in [0.1, 0.15) is 10.8 Å². The Bertz CT molecular complexity index is 585. The summed E-state index contributed by atoms with van der Waals surface area (Å²) >= 11 is 1.80. The second kappa shape index (κ2) is 6.67. The van der Waals surface area contributed by atoms with Gasteiger partial charge in [-0.3, -0.25) is 0 Å². The molecule has 2 nitrogen and oxygen atoms in total. The van der Waals surface area contributed by atoms with Gasteiger partial charge < -0.3 is 5.32 Å². The summed E-state index contributed by atoms with van der Waals surface area (Å²) in [6, 6.07) is 6.88. The van der Waals surface area contributed by atoms with Crippen LogP contribution in [0.25, 0.3) is 0 Å². The molecule has 112 valence electrons. The minimum Gasteiger partial charge on any atom is -0.304 e. The Balaban J connectivity index is 1.93. The number of halogens is 1. The van der Waals surface area contributed by atoms with Crippen molar-refractivity contribution < 1.29 is 4.39 Å². The molecule has 1 aliphatic carbocycles. The van der Waals surface area contributed by atoms with Gasteiger partial charge in [0.15, 0.2) is 0 Å². The van der Waals surface area contributed by atoms with E-state index in [9.17, 15) is 4.39 Å². The first kappa shape index (κ1) is 14.7. The molecule has 0 saturated heterocycles. The van der Waals surface area contributed by atoms with Crippen LogP contribution in [0.1, 0.15) is 53.4 Å². The highest BCUT2D eigenvalue weighted by Crippen LogP contribution is 2.32. The highest BCUT2D eigenvalue weighted by Gasteiger charge is 2.22. The van der Waals surface area contributed by atoms with Gasteiger partial charge >= 0.3 is 0 Å². The molecule has 21 heavy (non-hydrogen) atoms. The van der Waals surface area contributed by atoms with Crippen LogP contribution in [-0.4, -0.2) is 11.5 Å². The van der Waals surface area contributed by atoms with E-state index in [1.54, 1.807) is 23.5 Å². The van der Waals surface area contributed by atoms with Crippen molar-refractivity contribution in [3.63, 3.8) is 0 Å². The number of aryl methyl sites for hydroxylation is 2. The van der Waals surface area contributed by atoms with Crippen LogP contribution < -0.4 is 5.32 Å². The first-order valence-electron chi connectivity index (χ1n) is 7.75. The highest BCUT2D eigenvalue weighted by molar-refractivity contribution is 7.11. The molecule has 1 unspecified atom stereocenters. The van der Waals surface area contributed by atoms with Gasteiger partial charge in [0.2, 0.25) is 0 Å². The van der Waals surface area contributed by atoms with Gasteiger partial charge in [0.05, 0.1) is 11.7 Å². The number of aromatic nitrogens is 1. The molecule has 1 aromatic heterocycles. The van der Waals surface area contributed by atoms with Gasteiger partial charge in [0, 0.05) is 4.88 Å². The van der Waals surface area contributed by atoms with E-state index in [-0.39, 0.29) is 11.9 Å². The predicted octanol–water partition coefficient (Wildman–Crippen LogP) is 4.25. The Labute approximate surface area is 129 Å². The lowest BCUT2D eigenvalue weighted by atomic mass is 10.0. The zero-order valence-electron chi connectivity index (χ0n) is 12.4. The number of rotatable bonds is 5. The van der Waals surface area contributed by atoms with Crippen LogP contribution in [0, 0.1) is 5.82 Å². The third kappa shape index (κ3) is 3.33. The SMILES string of the molecule is CCCNC(c1cccc(F)c1)c1nc2c(s1)CCCC2. The first-order chi connectivity index (χ1) is 10.3. The predicted molar refractivity (Wildman–Crippen MR) is 85.3 cm³/mol. The van der Waals surface area contributed by atoms with Crippen LogP contribution in [0.2, 0.25) is 0 Å². The van der Waals surface area contributed by atoms with Crippen molar-refractivity contribution in [3.05, 3.63) is 51.2 Å². The minimum atomic E-state index is -0.183. The molecular weight excluding hydrogens is 283 g/mol. The van der Waals surface area contributed by atoms with E-state index in [0.29, 0.717) is 0 Å². The summed E-state index contributed by atoms with van der Waals surface area (Å²) in [5.41, 5.74) is 2.23. The summed E-state index contributed by atoms with van der Waals surface area (Å²) in [5, 5.41) is 4.60. The average Bonchev–Trinajstić information content (AvgIpc) is 2.91. The molecular formula is C17H21FN2S. The van der Waals surface area contributed by atoms with Crippen LogP contribution in [-0.2, 0) is 12.8 Å². The number of hydrogen-bond donors (Lipinski definition) is 1. The summed E-state index contributed by atoms with van der Waals surface area (Å²) in [7, 11) is 0. The Morgan fingerprint density at radius 3 is 2.95 bits per heavy atom. The average molecular weight is 304 g/mol. The van der Waals surface area contributed by atoms with E-state index in [0.717, 1.165) is 36.4 Å². The van der Waals surface area contributed by atoms with Crippen LogP contribution in [0.3, 0.4) is 0 Å². The molecule has 1 atom stereocenters.